The highest BCUT2D eigenvalue weighted by Gasteiger charge is 2.34. The molecule has 10 nitrogen and oxygen atoms in total. The summed E-state index contributed by atoms with van der Waals surface area (Å²) in [6.07, 6.45) is 1.67. The highest BCUT2D eigenvalue weighted by molar-refractivity contribution is 7.07. The lowest BCUT2D eigenvalue weighted by Crippen LogP contribution is -2.40. The number of esters is 2. The van der Waals surface area contributed by atoms with Crippen LogP contribution in [0.1, 0.15) is 43.5 Å². The summed E-state index contributed by atoms with van der Waals surface area (Å²) in [5.74, 6) is -0.234. The molecule has 1 aromatic heterocycles. The normalized spacial score (nSPS) is 14.1. The Morgan fingerprint density at radius 1 is 0.904 bits per heavy atom. The van der Waals surface area contributed by atoms with Gasteiger partial charge in [0.2, 0.25) is 0 Å². The highest BCUT2D eigenvalue weighted by atomic mass is 35.5. The Labute approximate surface area is 313 Å². The monoisotopic (exact) mass is 760 g/mol. The van der Waals surface area contributed by atoms with Gasteiger partial charge in [0.1, 0.15) is 6.61 Å². The third-order valence-corrected chi connectivity index (χ3v) is 9.73. The fourth-order valence-corrected chi connectivity index (χ4v) is 7.48. The lowest BCUT2D eigenvalue weighted by molar-refractivity contribution is -0.143. The van der Waals surface area contributed by atoms with Crippen LogP contribution in [0.3, 0.4) is 0 Å². The summed E-state index contributed by atoms with van der Waals surface area (Å²) in [5.41, 5.74) is 2.28. The van der Waals surface area contributed by atoms with Crippen LogP contribution in [0, 0.1) is 0 Å². The molecule has 52 heavy (non-hydrogen) atoms. The summed E-state index contributed by atoms with van der Waals surface area (Å²) in [4.78, 5) is 44.4. The molecule has 0 amide bonds. The van der Waals surface area contributed by atoms with Crippen molar-refractivity contribution in [2.45, 2.75) is 33.4 Å². The maximum Gasteiger partial charge on any atom is 0.343 e. The number of carbonyl (C=O) groups excluding carboxylic acids is 2. The second kappa shape index (κ2) is 16.1. The quantitative estimate of drug-likeness (QED) is 0.128. The van der Waals surface area contributed by atoms with Gasteiger partial charge in [0.15, 0.2) is 28.7 Å². The van der Waals surface area contributed by atoms with Crippen molar-refractivity contribution in [3.63, 3.8) is 0 Å². The molecule has 0 bridgehead atoms. The Morgan fingerprint density at radius 3 is 2.37 bits per heavy atom. The average Bonchev–Trinajstić information content (AvgIpc) is 3.43. The molecule has 0 saturated carbocycles. The average molecular weight is 762 g/mol. The molecule has 0 fully saturated rings. The summed E-state index contributed by atoms with van der Waals surface area (Å²) in [7, 11) is 1.26. The van der Waals surface area contributed by atoms with Gasteiger partial charge in [-0.15, -0.1) is 0 Å². The van der Waals surface area contributed by atoms with Gasteiger partial charge in [-0.05, 0) is 84.6 Å². The number of hydrogen-bond acceptors (Lipinski definition) is 10. The minimum Gasteiger partial charge on any atom is -0.490 e. The Hall–Kier alpha value is -5.10. The van der Waals surface area contributed by atoms with E-state index in [4.69, 9.17) is 42.1 Å². The SMILES string of the molecule is CCOC(=O)C1=C(C)N=c2s/c(=C\c3cc(Cl)c(OCc4ccc5ccccc5c4)c(Cl)c3)c(=O)n2[C@@H]1c1ccc(OCC(=O)OC)c(OCC)c1. The number of allylic oxidation sites excluding steroid dienone is 1. The number of benzene rings is 4. The number of aromatic nitrogens is 1. The van der Waals surface area contributed by atoms with E-state index in [2.05, 4.69) is 15.8 Å². The van der Waals surface area contributed by atoms with Crippen LogP contribution in [0.2, 0.25) is 10.0 Å². The van der Waals surface area contributed by atoms with Crippen LogP contribution in [-0.2, 0) is 25.7 Å². The number of hydrogen-bond donors (Lipinski definition) is 0. The summed E-state index contributed by atoms with van der Waals surface area (Å²) in [6, 6.07) is 21.6. The van der Waals surface area contributed by atoms with Crippen molar-refractivity contribution in [1.82, 2.24) is 4.57 Å². The standard InChI is InChI=1S/C39H34Cl2N2O8S/c1-5-48-31-19-27(13-14-30(31)50-21-33(44)47-4)35-34(38(46)49-6-2)22(3)42-39-43(35)37(45)32(52-39)18-24-16-28(40)36(29(41)17-24)51-20-23-11-12-25-9-7-8-10-26(25)15-23/h7-19,35H,5-6,20-21H2,1-4H3/b32-18-/t35-/m1/s1. The molecule has 0 radical (unpaired) electrons. The maximum atomic E-state index is 14.2. The fraction of sp³-hybridized carbons (Fsp3) is 0.231. The van der Waals surface area contributed by atoms with Crippen molar-refractivity contribution in [2.24, 2.45) is 4.99 Å². The third-order valence-electron chi connectivity index (χ3n) is 8.19. The summed E-state index contributed by atoms with van der Waals surface area (Å²) >= 11 is 14.5. The number of thiazole rings is 1. The second-order valence-corrected chi connectivity index (χ2v) is 13.4. The summed E-state index contributed by atoms with van der Waals surface area (Å²) in [6.45, 7) is 5.55. The molecule has 0 spiro atoms. The van der Waals surface area contributed by atoms with E-state index in [1.54, 1.807) is 57.2 Å². The number of methoxy groups -OCH3 is 1. The molecule has 1 aliphatic rings. The zero-order chi connectivity index (χ0) is 36.9. The molecular weight excluding hydrogens is 727 g/mol. The van der Waals surface area contributed by atoms with Crippen LogP contribution in [0.15, 0.2) is 93.9 Å². The van der Waals surface area contributed by atoms with Crippen molar-refractivity contribution in [1.29, 1.82) is 0 Å². The predicted octanol–water partition coefficient (Wildman–Crippen LogP) is 6.79. The molecule has 268 valence electrons. The van der Waals surface area contributed by atoms with Gasteiger partial charge >= 0.3 is 11.9 Å². The Bertz CT molecular complexity index is 2380. The largest absolute Gasteiger partial charge is 0.490 e. The maximum absolute atomic E-state index is 14.2. The lowest BCUT2D eigenvalue weighted by Gasteiger charge is -2.25. The van der Waals surface area contributed by atoms with E-state index in [9.17, 15) is 14.4 Å². The van der Waals surface area contributed by atoms with Gasteiger partial charge in [0.25, 0.3) is 5.56 Å². The van der Waals surface area contributed by atoms with Crippen molar-refractivity contribution >= 4 is 63.3 Å². The van der Waals surface area contributed by atoms with E-state index in [0.29, 0.717) is 50.0 Å². The molecule has 5 aromatic rings. The van der Waals surface area contributed by atoms with Crippen LogP contribution in [0.25, 0.3) is 16.8 Å². The Balaban J connectivity index is 1.37. The molecule has 1 aliphatic heterocycles. The van der Waals surface area contributed by atoms with E-state index in [1.807, 2.05) is 36.4 Å². The minimum absolute atomic E-state index is 0.126. The molecule has 0 unspecified atom stereocenters. The van der Waals surface area contributed by atoms with Gasteiger partial charge in [0, 0.05) is 0 Å². The molecule has 2 heterocycles. The minimum atomic E-state index is -0.913. The number of halogens is 2. The van der Waals surface area contributed by atoms with E-state index in [0.717, 1.165) is 27.7 Å². The molecule has 6 rings (SSSR count). The number of carbonyl (C=O) groups is 2. The van der Waals surface area contributed by atoms with E-state index >= 15 is 0 Å². The first kappa shape index (κ1) is 36.7. The fourth-order valence-electron chi connectivity index (χ4n) is 5.82. The summed E-state index contributed by atoms with van der Waals surface area (Å²) in [5, 5.41) is 2.79. The lowest BCUT2D eigenvalue weighted by atomic mass is 9.95. The smallest absolute Gasteiger partial charge is 0.343 e. The van der Waals surface area contributed by atoms with Crippen molar-refractivity contribution in [3.05, 3.63) is 130 Å². The molecule has 0 aliphatic carbocycles. The van der Waals surface area contributed by atoms with Crippen LogP contribution in [-0.4, -0.2) is 43.4 Å². The topological polar surface area (TPSA) is 115 Å². The van der Waals surface area contributed by atoms with Crippen LogP contribution in [0.5, 0.6) is 17.2 Å². The van der Waals surface area contributed by atoms with Gasteiger partial charge in [-0.2, -0.15) is 0 Å². The number of ether oxygens (including phenoxy) is 5. The molecule has 13 heteroatoms. The van der Waals surface area contributed by atoms with Crippen molar-refractivity contribution in [3.8, 4) is 17.2 Å². The molecule has 0 N–H and O–H groups in total. The van der Waals surface area contributed by atoms with E-state index in [1.165, 1.54) is 11.7 Å². The van der Waals surface area contributed by atoms with Gasteiger partial charge in [0.05, 0.1) is 52.2 Å². The highest BCUT2D eigenvalue weighted by Crippen LogP contribution is 2.37. The number of rotatable bonds is 12. The van der Waals surface area contributed by atoms with Gasteiger partial charge in [-0.1, -0.05) is 77.0 Å². The van der Waals surface area contributed by atoms with Gasteiger partial charge < -0.3 is 23.7 Å². The van der Waals surface area contributed by atoms with Crippen molar-refractivity contribution in [2.75, 3.05) is 26.9 Å². The predicted molar refractivity (Wildman–Crippen MR) is 200 cm³/mol. The number of fused-ring (bicyclic) bond motifs is 2. The van der Waals surface area contributed by atoms with E-state index in [-0.39, 0.29) is 35.4 Å². The summed E-state index contributed by atoms with van der Waals surface area (Å²) < 4.78 is 29.4. The Kier molecular flexibility index (Phi) is 11.3. The first-order valence-corrected chi connectivity index (χ1v) is 17.9. The molecule has 0 saturated heterocycles. The zero-order valence-electron chi connectivity index (χ0n) is 28.7. The first-order valence-electron chi connectivity index (χ1n) is 16.4. The molecular formula is C39H34Cl2N2O8S. The second-order valence-electron chi connectivity index (χ2n) is 11.6. The zero-order valence-corrected chi connectivity index (χ0v) is 31.1. The Morgan fingerprint density at radius 2 is 1.65 bits per heavy atom. The van der Waals surface area contributed by atoms with Gasteiger partial charge in [-0.3, -0.25) is 9.36 Å². The van der Waals surface area contributed by atoms with Crippen LogP contribution < -0.4 is 29.1 Å². The third kappa shape index (κ3) is 7.72. The van der Waals surface area contributed by atoms with Crippen LogP contribution >= 0.6 is 34.5 Å². The molecule has 4 aromatic carbocycles. The van der Waals surface area contributed by atoms with Crippen LogP contribution in [0.4, 0.5) is 0 Å². The van der Waals surface area contributed by atoms with E-state index < -0.39 is 23.5 Å². The first-order chi connectivity index (χ1) is 25.1. The number of nitrogens with zero attached hydrogens (tertiary/aromatic N) is 2. The molecule has 1 atom stereocenters. The van der Waals surface area contributed by atoms with Gasteiger partial charge in [-0.25, -0.2) is 14.6 Å². The van der Waals surface area contributed by atoms with Crippen molar-refractivity contribution < 1.29 is 33.3 Å².